The van der Waals surface area contributed by atoms with Crippen LogP contribution in [0.1, 0.15) is 10.5 Å². The topological polar surface area (TPSA) is 90.3 Å². The highest BCUT2D eigenvalue weighted by Gasteiger charge is 2.13. The number of aromatic nitrogens is 2. The van der Waals surface area contributed by atoms with Crippen molar-refractivity contribution >= 4 is 22.1 Å². The molecule has 21 heavy (non-hydrogen) atoms. The van der Waals surface area contributed by atoms with Crippen LogP contribution in [0, 0.1) is 5.95 Å². The predicted molar refractivity (Wildman–Crippen MR) is 68.2 cm³/mol. The first-order chi connectivity index (χ1) is 9.74. The monoisotopic (exact) mass is 317 g/mol. The third-order valence-corrected chi connectivity index (χ3v) is 2.75. The van der Waals surface area contributed by atoms with Crippen molar-refractivity contribution in [2.75, 3.05) is 5.32 Å². The fourth-order valence-electron chi connectivity index (χ4n) is 1.46. The van der Waals surface area contributed by atoms with Crippen molar-refractivity contribution in [2.45, 2.75) is 0 Å². The molecular weight excluding hydrogens is 308 g/mol. The summed E-state index contributed by atoms with van der Waals surface area (Å²) in [6.07, 6.45) is 0. The molecule has 1 aromatic carbocycles. The Morgan fingerprint density at radius 3 is 2.43 bits per heavy atom. The summed E-state index contributed by atoms with van der Waals surface area (Å²) < 4.78 is 50.8. The summed E-state index contributed by atoms with van der Waals surface area (Å²) in [7, 11) is -3.76. The lowest BCUT2D eigenvalue weighted by atomic mass is 10.3. The molecule has 0 aliphatic carbocycles. The van der Waals surface area contributed by atoms with E-state index >= 15 is 0 Å². The van der Waals surface area contributed by atoms with Gasteiger partial charge in [-0.3, -0.25) is 4.79 Å². The smallest absolute Gasteiger partial charge is 0.358 e. The number of amides is 1. The summed E-state index contributed by atoms with van der Waals surface area (Å²) in [6.45, 7) is 0. The van der Waals surface area contributed by atoms with Gasteiger partial charge in [-0.2, -0.15) is 17.9 Å². The quantitative estimate of drug-likeness (QED) is 0.861. The van der Waals surface area contributed by atoms with Gasteiger partial charge in [0, 0.05) is 18.8 Å². The van der Waals surface area contributed by atoms with E-state index in [0.717, 1.165) is 22.9 Å². The molecule has 112 valence electrons. The van der Waals surface area contributed by atoms with Crippen LogP contribution in [0.25, 0.3) is 0 Å². The Balaban J connectivity index is 2.08. The summed E-state index contributed by atoms with van der Waals surface area (Å²) in [4.78, 5) is 11.8. The van der Waals surface area contributed by atoms with Gasteiger partial charge in [-0.25, -0.2) is 4.68 Å². The SMILES string of the molecule is Cn1nc(C(=O)Nc2ccc(OS(=O)(=O)F)cc2)cc1F. The predicted octanol–water partition coefficient (Wildman–Crippen LogP) is 1.40. The van der Waals surface area contributed by atoms with E-state index in [1.165, 1.54) is 19.2 Å². The average Bonchev–Trinajstić information content (AvgIpc) is 2.70. The minimum Gasteiger partial charge on any atom is -0.358 e. The maximum atomic E-state index is 13.1. The van der Waals surface area contributed by atoms with Gasteiger partial charge in [0.15, 0.2) is 5.69 Å². The van der Waals surface area contributed by atoms with Crippen LogP contribution in [0.15, 0.2) is 30.3 Å². The summed E-state index contributed by atoms with van der Waals surface area (Å²) in [6, 6.07) is 5.83. The third-order valence-electron chi connectivity index (χ3n) is 2.36. The Bertz CT molecular complexity index is 752. The molecule has 1 aromatic heterocycles. The lowest BCUT2D eigenvalue weighted by molar-refractivity contribution is 0.102. The Hall–Kier alpha value is -2.49. The molecule has 0 radical (unpaired) electrons. The average molecular weight is 317 g/mol. The molecule has 10 heteroatoms. The number of carbonyl (C=O) groups is 1. The highest BCUT2D eigenvalue weighted by Crippen LogP contribution is 2.18. The van der Waals surface area contributed by atoms with E-state index < -0.39 is 22.4 Å². The number of benzene rings is 1. The highest BCUT2D eigenvalue weighted by molar-refractivity contribution is 7.81. The van der Waals surface area contributed by atoms with Crippen LogP contribution in [-0.4, -0.2) is 24.1 Å². The number of nitrogens with zero attached hydrogens (tertiary/aromatic N) is 2. The maximum absolute atomic E-state index is 13.1. The van der Waals surface area contributed by atoms with Crippen molar-refractivity contribution in [3.8, 4) is 5.75 Å². The van der Waals surface area contributed by atoms with Crippen LogP contribution in [0.4, 0.5) is 14.0 Å². The zero-order chi connectivity index (χ0) is 15.6. The van der Waals surface area contributed by atoms with Gasteiger partial charge in [0.25, 0.3) is 5.91 Å². The Morgan fingerprint density at radius 1 is 1.33 bits per heavy atom. The first-order valence-electron chi connectivity index (χ1n) is 5.49. The van der Waals surface area contributed by atoms with Gasteiger partial charge in [-0.05, 0) is 24.3 Å². The normalized spacial score (nSPS) is 11.2. The molecule has 1 N–H and O–H groups in total. The van der Waals surface area contributed by atoms with E-state index in [0.29, 0.717) is 0 Å². The molecule has 7 nitrogen and oxygen atoms in total. The van der Waals surface area contributed by atoms with Crippen LogP contribution in [-0.2, 0) is 17.6 Å². The van der Waals surface area contributed by atoms with E-state index in [1.54, 1.807) is 0 Å². The van der Waals surface area contributed by atoms with E-state index in [2.05, 4.69) is 14.6 Å². The second-order valence-corrected chi connectivity index (χ2v) is 4.88. The lowest BCUT2D eigenvalue weighted by Crippen LogP contribution is -2.13. The van der Waals surface area contributed by atoms with Crippen molar-refractivity contribution in [3.05, 3.63) is 42.0 Å². The van der Waals surface area contributed by atoms with E-state index in [4.69, 9.17) is 0 Å². The molecule has 0 fully saturated rings. The van der Waals surface area contributed by atoms with Gasteiger partial charge in [0.05, 0.1) is 0 Å². The summed E-state index contributed by atoms with van der Waals surface area (Å²) in [5, 5.41) is 6.06. The van der Waals surface area contributed by atoms with Crippen molar-refractivity contribution in [1.82, 2.24) is 9.78 Å². The second kappa shape index (κ2) is 5.48. The van der Waals surface area contributed by atoms with Crippen LogP contribution >= 0.6 is 0 Å². The number of halogens is 2. The number of hydrogen-bond donors (Lipinski definition) is 1. The number of hydrogen-bond acceptors (Lipinski definition) is 5. The van der Waals surface area contributed by atoms with Crippen molar-refractivity contribution < 1.29 is 25.7 Å². The van der Waals surface area contributed by atoms with Crippen molar-refractivity contribution in [3.63, 3.8) is 0 Å². The standard InChI is InChI=1S/C11H9F2N3O4S/c1-16-10(12)6-9(15-16)11(17)14-7-2-4-8(5-3-7)20-21(13,18)19/h2-6H,1H3,(H,14,17). The van der Waals surface area contributed by atoms with Crippen LogP contribution in [0.2, 0.25) is 0 Å². The zero-order valence-corrected chi connectivity index (χ0v) is 11.4. The van der Waals surface area contributed by atoms with Gasteiger partial charge in [-0.15, -0.1) is 0 Å². The van der Waals surface area contributed by atoms with Gasteiger partial charge in [-0.1, -0.05) is 3.89 Å². The number of rotatable bonds is 4. The fraction of sp³-hybridized carbons (Fsp3) is 0.0909. The summed E-state index contributed by atoms with van der Waals surface area (Å²) in [5.74, 6) is -1.57. The minimum atomic E-state index is -5.10. The molecule has 0 saturated heterocycles. The van der Waals surface area contributed by atoms with Crippen LogP contribution < -0.4 is 9.50 Å². The Kier molecular flexibility index (Phi) is 3.89. The molecule has 0 spiro atoms. The van der Waals surface area contributed by atoms with E-state index in [-0.39, 0.29) is 17.1 Å². The second-order valence-electron chi connectivity index (χ2n) is 3.93. The maximum Gasteiger partial charge on any atom is 0.488 e. The number of anilines is 1. The fourth-order valence-corrected chi connectivity index (χ4v) is 1.80. The van der Waals surface area contributed by atoms with Crippen LogP contribution in [0.5, 0.6) is 5.75 Å². The third kappa shape index (κ3) is 3.99. The molecule has 0 saturated carbocycles. The lowest BCUT2D eigenvalue weighted by Gasteiger charge is -2.04. The van der Waals surface area contributed by atoms with Crippen molar-refractivity contribution in [1.29, 1.82) is 0 Å². The van der Waals surface area contributed by atoms with Crippen molar-refractivity contribution in [2.24, 2.45) is 7.05 Å². The molecule has 0 aliphatic rings. The number of nitrogens with one attached hydrogen (secondary N) is 1. The molecule has 0 bridgehead atoms. The number of aryl methyl sites for hydroxylation is 1. The molecule has 1 amide bonds. The molecule has 1 heterocycles. The molecule has 0 atom stereocenters. The molecule has 0 aliphatic heterocycles. The van der Waals surface area contributed by atoms with E-state index in [9.17, 15) is 21.5 Å². The summed E-state index contributed by atoms with van der Waals surface area (Å²) >= 11 is 0. The molecule has 2 aromatic rings. The zero-order valence-electron chi connectivity index (χ0n) is 10.6. The molecule has 2 rings (SSSR count). The summed E-state index contributed by atoms with van der Waals surface area (Å²) in [5.41, 5.74) is 0.149. The largest absolute Gasteiger partial charge is 0.488 e. The van der Waals surface area contributed by atoms with Gasteiger partial charge in [0.2, 0.25) is 5.95 Å². The Labute approximate surface area is 118 Å². The molecular formula is C11H9F2N3O4S. The van der Waals surface area contributed by atoms with Crippen LogP contribution in [0.3, 0.4) is 0 Å². The van der Waals surface area contributed by atoms with E-state index in [1.807, 2.05) is 0 Å². The van der Waals surface area contributed by atoms with Gasteiger partial charge >= 0.3 is 10.5 Å². The first-order valence-corrected chi connectivity index (χ1v) is 6.80. The minimum absolute atomic E-state index is 0.123. The first kappa shape index (κ1) is 14.9. The van der Waals surface area contributed by atoms with Gasteiger partial charge in [0.1, 0.15) is 5.75 Å². The number of carbonyl (C=O) groups excluding carboxylic acids is 1. The highest BCUT2D eigenvalue weighted by atomic mass is 32.3. The van der Waals surface area contributed by atoms with Gasteiger partial charge < -0.3 is 9.50 Å². The molecule has 0 unspecified atom stereocenters. The Morgan fingerprint density at radius 2 is 1.95 bits per heavy atom.